The minimum absolute atomic E-state index is 0.476. The van der Waals surface area contributed by atoms with Crippen LogP contribution in [0.1, 0.15) is 44.9 Å². The second kappa shape index (κ2) is 6.23. The summed E-state index contributed by atoms with van der Waals surface area (Å²) in [4.78, 5) is 16.4. The molecule has 0 atom stereocenters. The van der Waals surface area contributed by atoms with Gasteiger partial charge in [-0.25, -0.2) is 0 Å². The molecule has 4 heteroatoms. The standard InChI is InChI=1S/C15H28N2O2/c1-16-10-6-13(7-11-16)17(2)12-15(14(18)19)8-4-3-5-9-15/h13H,3-12H2,1-2H3,(H,18,19). The summed E-state index contributed by atoms with van der Waals surface area (Å²) in [6.07, 6.45) is 7.41. The number of carboxylic acids is 1. The van der Waals surface area contributed by atoms with Gasteiger partial charge in [-0.3, -0.25) is 4.79 Å². The normalized spacial score (nSPS) is 25.6. The van der Waals surface area contributed by atoms with E-state index in [1.165, 1.54) is 19.3 Å². The summed E-state index contributed by atoms with van der Waals surface area (Å²) in [6.45, 7) is 3.00. The van der Waals surface area contributed by atoms with Crippen molar-refractivity contribution in [3.8, 4) is 0 Å². The first-order valence-electron chi connectivity index (χ1n) is 7.66. The average Bonchev–Trinajstić information content (AvgIpc) is 2.40. The van der Waals surface area contributed by atoms with Gasteiger partial charge < -0.3 is 14.9 Å². The van der Waals surface area contributed by atoms with Crippen LogP contribution < -0.4 is 0 Å². The van der Waals surface area contributed by atoms with Crippen molar-refractivity contribution in [3.63, 3.8) is 0 Å². The van der Waals surface area contributed by atoms with E-state index in [4.69, 9.17) is 0 Å². The van der Waals surface area contributed by atoms with Gasteiger partial charge in [-0.1, -0.05) is 19.3 Å². The second-order valence-electron chi connectivity index (χ2n) is 6.60. The Labute approximate surface area is 116 Å². The maximum Gasteiger partial charge on any atom is 0.310 e. The summed E-state index contributed by atoms with van der Waals surface area (Å²) in [7, 11) is 4.28. The minimum Gasteiger partial charge on any atom is -0.481 e. The van der Waals surface area contributed by atoms with E-state index in [2.05, 4.69) is 23.9 Å². The number of carboxylic acid groups (broad SMARTS) is 1. The van der Waals surface area contributed by atoms with Crippen molar-refractivity contribution in [2.45, 2.75) is 51.0 Å². The van der Waals surface area contributed by atoms with Gasteiger partial charge in [0, 0.05) is 12.6 Å². The fourth-order valence-corrected chi connectivity index (χ4v) is 3.71. The van der Waals surface area contributed by atoms with Gasteiger partial charge >= 0.3 is 5.97 Å². The first-order chi connectivity index (χ1) is 9.03. The maximum absolute atomic E-state index is 11.7. The molecule has 0 amide bonds. The SMILES string of the molecule is CN1CCC(N(C)CC2(C(=O)O)CCCCC2)CC1. The lowest BCUT2D eigenvalue weighted by molar-refractivity contribution is -0.152. The van der Waals surface area contributed by atoms with Crippen LogP contribution in [0, 0.1) is 5.41 Å². The summed E-state index contributed by atoms with van der Waals surface area (Å²) in [5, 5.41) is 9.64. The average molecular weight is 268 g/mol. The van der Waals surface area contributed by atoms with Crippen LogP contribution in [0.15, 0.2) is 0 Å². The molecule has 2 fully saturated rings. The molecular formula is C15H28N2O2. The molecular weight excluding hydrogens is 240 g/mol. The second-order valence-corrected chi connectivity index (χ2v) is 6.60. The predicted octanol–water partition coefficient (Wildman–Crippen LogP) is 2.05. The van der Waals surface area contributed by atoms with Gasteiger partial charge in [-0.15, -0.1) is 0 Å². The fourth-order valence-electron chi connectivity index (χ4n) is 3.71. The molecule has 1 aliphatic carbocycles. The van der Waals surface area contributed by atoms with Gasteiger partial charge in [-0.2, -0.15) is 0 Å². The molecule has 2 aliphatic rings. The van der Waals surface area contributed by atoms with E-state index in [1.54, 1.807) is 0 Å². The largest absolute Gasteiger partial charge is 0.481 e. The van der Waals surface area contributed by atoms with Crippen LogP contribution >= 0.6 is 0 Å². The van der Waals surface area contributed by atoms with Crippen molar-refractivity contribution in [3.05, 3.63) is 0 Å². The molecule has 19 heavy (non-hydrogen) atoms. The van der Waals surface area contributed by atoms with Gasteiger partial charge in [0.05, 0.1) is 5.41 Å². The molecule has 110 valence electrons. The van der Waals surface area contributed by atoms with E-state index in [0.717, 1.165) is 45.3 Å². The Balaban J connectivity index is 1.95. The first kappa shape index (κ1) is 14.8. The number of carbonyl (C=O) groups is 1. The summed E-state index contributed by atoms with van der Waals surface area (Å²) in [6, 6.07) is 0.564. The Bertz CT molecular complexity index is 305. The van der Waals surface area contributed by atoms with Crippen molar-refractivity contribution in [1.29, 1.82) is 0 Å². The van der Waals surface area contributed by atoms with Crippen LogP contribution in [0.4, 0.5) is 0 Å². The molecule has 0 bridgehead atoms. The van der Waals surface area contributed by atoms with Crippen LogP contribution in [0.25, 0.3) is 0 Å². The number of hydrogen-bond donors (Lipinski definition) is 1. The Morgan fingerprint density at radius 2 is 1.84 bits per heavy atom. The van der Waals surface area contributed by atoms with E-state index in [0.29, 0.717) is 6.04 Å². The highest BCUT2D eigenvalue weighted by Gasteiger charge is 2.41. The van der Waals surface area contributed by atoms with Crippen LogP contribution in [-0.4, -0.2) is 60.6 Å². The molecule has 1 heterocycles. The van der Waals surface area contributed by atoms with Crippen LogP contribution in [0.2, 0.25) is 0 Å². The molecule has 1 aliphatic heterocycles. The number of nitrogens with zero attached hydrogens (tertiary/aromatic N) is 2. The molecule has 1 saturated heterocycles. The molecule has 0 aromatic carbocycles. The van der Waals surface area contributed by atoms with Crippen LogP contribution in [0.3, 0.4) is 0 Å². The van der Waals surface area contributed by atoms with Crippen molar-refractivity contribution in [2.24, 2.45) is 5.41 Å². The molecule has 2 rings (SSSR count). The van der Waals surface area contributed by atoms with Crippen LogP contribution in [0.5, 0.6) is 0 Å². The topological polar surface area (TPSA) is 43.8 Å². The van der Waals surface area contributed by atoms with E-state index in [1.807, 2.05) is 0 Å². The highest BCUT2D eigenvalue weighted by atomic mass is 16.4. The minimum atomic E-state index is -0.577. The number of rotatable bonds is 4. The van der Waals surface area contributed by atoms with Crippen molar-refractivity contribution < 1.29 is 9.90 Å². The third-order valence-corrected chi connectivity index (χ3v) is 5.13. The third-order valence-electron chi connectivity index (χ3n) is 5.13. The Morgan fingerprint density at radius 1 is 1.26 bits per heavy atom. The van der Waals surface area contributed by atoms with Crippen molar-refractivity contribution >= 4 is 5.97 Å². The van der Waals surface area contributed by atoms with Crippen LogP contribution in [-0.2, 0) is 4.79 Å². The Morgan fingerprint density at radius 3 is 2.37 bits per heavy atom. The quantitative estimate of drug-likeness (QED) is 0.847. The Kier molecular flexibility index (Phi) is 4.85. The molecule has 1 N–H and O–H groups in total. The highest BCUT2D eigenvalue weighted by molar-refractivity contribution is 5.75. The molecule has 0 radical (unpaired) electrons. The predicted molar refractivity (Wildman–Crippen MR) is 76.3 cm³/mol. The summed E-state index contributed by atoms with van der Waals surface area (Å²) < 4.78 is 0. The van der Waals surface area contributed by atoms with E-state index >= 15 is 0 Å². The third kappa shape index (κ3) is 3.48. The fraction of sp³-hybridized carbons (Fsp3) is 0.933. The zero-order valence-electron chi connectivity index (χ0n) is 12.4. The van der Waals surface area contributed by atoms with E-state index in [9.17, 15) is 9.90 Å². The monoisotopic (exact) mass is 268 g/mol. The first-order valence-corrected chi connectivity index (χ1v) is 7.66. The molecule has 0 aromatic heterocycles. The van der Waals surface area contributed by atoms with E-state index < -0.39 is 11.4 Å². The lowest BCUT2D eigenvalue weighted by Gasteiger charge is -2.41. The van der Waals surface area contributed by atoms with Gasteiger partial charge in [0.2, 0.25) is 0 Å². The van der Waals surface area contributed by atoms with Gasteiger partial charge in [0.15, 0.2) is 0 Å². The number of hydrogen-bond acceptors (Lipinski definition) is 3. The number of aliphatic carboxylic acids is 1. The number of piperidine rings is 1. The van der Waals surface area contributed by atoms with Gasteiger partial charge in [0.1, 0.15) is 0 Å². The summed E-state index contributed by atoms with van der Waals surface area (Å²) in [5.74, 6) is -0.577. The molecule has 4 nitrogen and oxygen atoms in total. The zero-order chi connectivity index (χ0) is 13.9. The molecule has 0 spiro atoms. The van der Waals surface area contributed by atoms with Crippen molar-refractivity contribution in [2.75, 3.05) is 33.7 Å². The summed E-state index contributed by atoms with van der Waals surface area (Å²) in [5.41, 5.74) is -0.476. The molecule has 0 unspecified atom stereocenters. The lowest BCUT2D eigenvalue weighted by Crippen LogP contribution is -2.49. The lowest BCUT2D eigenvalue weighted by atomic mass is 9.73. The number of likely N-dealkylation sites (tertiary alicyclic amines) is 1. The highest BCUT2D eigenvalue weighted by Crippen LogP contribution is 2.38. The Hall–Kier alpha value is -0.610. The van der Waals surface area contributed by atoms with Gasteiger partial charge in [0.25, 0.3) is 0 Å². The maximum atomic E-state index is 11.7. The molecule has 1 saturated carbocycles. The van der Waals surface area contributed by atoms with Gasteiger partial charge in [-0.05, 0) is 52.9 Å². The summed E-state index contributed by atoms with van der Waals surface area (Å²) >= 11 is 0. The zero-order valence-corrected chi connectivity index (χ0v) is 12.4. The van der Waals surface area contributed by atoms with E-state index in [-0.39, 0.29) is 0 Å². The smallest absolute Gasteiger partial charge is 0.310 e. The van der Waals surface area contributed by atoms with Crippen molar-refractivity contribution in [1.82, 2.24) is 9.80 Å². The molecule has 0 aromatic rings.